The van der Waals surface area contributed by atoms with Crippen molar-refractivity contribution in [3.8, 4) is 0 Å². The number of aryl methyl sites for hydroxylation is 1. The van der Waals surface area contributed by atoms with Crippen LogP contribution in [0.4, 0.5) is 5.69 Å². The van der Waals surface area contributed by atoms with Gasteiger partial charge < -0.3 is 9.32 Å². The molecule has 0 saturated carbocycles. The summed E-state index contributed by atoms with van der Waals surface area (Å²) < 4.78 is 8.90. The molecule has 6 heteroatoms. The Morgan fingerprint density at radius 2 is 1.90 bits per heavy atom. The minimum absolute atomic E-state index is 0.368. The van der Waals surface area contributed by atoms with Gasteiger partial charge in [-0.3, -0.25) is 0 Å². The molecule has 0 amide bonds. The van der Waals surface area contributed by atoms with Crippen molar-refractivity contribution in [1.82, 2.24) is 0 Å². The van der Waals surface area contributed by atoms with E-state index in [1.165, 1.54) is 4.70 Å². The van der Waals surface area contributed by atoms with E-state index in [1.54, 1.807) is 17.4 Å². The van der Waals surface area contributed by atoms with Gasteiger partial charge in [0.1, 0.15) is 17.3 Å². The summed E-state index contributed by atoms with van der Waals surface area (Å²) in [6.07, 6.45) is 3.66. The first-order chi connectivity index (χ1) is 14.0. The molecule has 0 aliphatic heterocycles. The number of aromatic nitrogens is 1. The van der Waals surface area contributed by atoms with E-state index in [0.717, 1.165) is 34.7 Å². The van der Waals surface area contributed by atoms with Crippen LogP contribution in [0.1, 0.15) is 24.4 Å². The van der Waals surface area contributed by atoms with Crippen LogP contribution < -0.4 is 15.1 Å². The molecular weight excluding hydrogens is 404 g/mol. The number of halogens is 1. The summed E-state index contributed by atoms with van der Waals surface area (Å²) in [5.41, 5.74) is 2.61. The van der Waals surface area contributed by atoms with Gasteiger partial charge in [0, 0.05) is 42.4 Å². The summed E-state index contributed by atoms with van der Waals surface area (Å²) >= 11 is 8.27. The van der Waals surface area contributed by atoms with Crippen molar-refractivity contribution in [2.24, 2.45) is 7.05 Å². The highest BCUT2D eigenvalue weighted by atomic mass is 35.5. The molecule has 4 aromatic rings. The lowest BCUT2D eigenvalue weighted by molar-refractivity contribution is -0.642. The molecule has 0 spiro atoms. The van der Waals surface area contributed by atoms with Gasteiger partial charge in [-0.15, -0.1) is 0 Å². The molecule has 0 bridgehead atoms. The first-order valence-corrected chi connectivity index (χ1v) is 10.8. The average molecular weight is 426 g/mol. The standard InChI is InChI=1S/C23H22ClN2O2S/c1-4-26(5-2)15-10-11-16-19(14-15)28-23(27)17(22(16)24)12-13-21-25(3)18-8-6-7-9-20(18)29-21/h6-14H,4-5H2,1-3H3/q+1. The van der Waals surface area contributed by atoms with Crippen LogP contribution in [0, 0.1) is 0 Å². The third kappa shape index (κ3) is 3.56. The summed E-state index contributed by atoms with van der Waals surface area (Å²) in [4.78, 5) is 14.8. The fourth-order valence-corrected chi connectivity index (χ4v) is 4.86. The second-order valence-corrected chi connectivity index (χ2v) is 8.21. The van der Waals surface area contributed by atoms with Crippen LogP contribution in [-0.2, 0) is 7.05 Å². The highest BCUT2D eigenvalue weighted by Crippen LogP contribution is 2.30. The van der Waals surface area contributed by atoms with Crippen molar-refractivity contribution in [1.29, 1.82) is 0 Å². The van der Waals surface area contributed by atoms with Gasteiger partial charge >= 0.3 is 5.63 Å². The molecule has 0 radical (unpaired) electrons. The largest absolute Gasteiger partial charge is 0.422 e. The Kier molecular flexibility index (Phi) is 5.43. The third-order valence-corrected chi connectivity index (χ3v) is 6.75. The Labute approximate surface area is 178 Å². The van der Waals surface area contributed by atoms with E-state index in [0.29, 0.717) is 16.2 Å². The number of nitrogens with zero attached hydrogens (tertiary/aromatic N) is 2. The zero-order chi connectivity index (χ0) is 20.5. The number of hydrogen-bond acceptors (Lipinski definition) is 4. The van der Waals surface area contributed by atoms with Crippen molar-refractivity contribution in [2.75, 3.05) is 18.0 Å². The average Bonchev–Trinajstić information content (AvgIpc) is 3.04. The number of para-hydroxylation sites is 1. The summed E-state index contributed by atoms with van der Waals surface area (Å²) in [7, 11) is 2.01. The molecule has 0 saturated heterocycles. The van der Waals surface area contributed by atoms with Crippen LogP contribution in [0.5, 0.6) is 0 Å². The molecule has 0 aliphatic rings. The van der Waals surface area contributed by atoms with Gasteiger partial charge in [0.25, 0.3) is 5.01 Å². The van der Waals surface area contributed by atoms with Gasteiger partial charge in [-0.05, 0) is 38.1 Å². The maximum atomic E-state index is 12.6. The molecule has 4 rings (SSSR count). The van der Waals surface area contributed by atoms with E-state index in [4.69, 9.17) is 16.0 Å². The molecule has 0 fully saturated rings. The summed E-state index contributed by atoms with van der Waals surface area (Å²) in [6, 6.07) is 14.0. The van der Waals surface area contributed by atoms with Gasteiger partial charge in [0.2, 0.25) is 5.52 Å². The van der Waals surface area contributed by atoms with E-state index >= 15 is 0 Å². The van der Waals surface area contributed by atoms with E-state index in [1.807, 2.05) is 43.5 Å². The highest BCUT2D eigenvalue weighted by molar-refractivity contribution is 7.18. The van der Waals surface area contributed by atoms with Crippen LogP contribution in [-0.4, -0.2) is 13.1 Å². The van der Waals surface area contributed by atoms with Gasteiger partial charge in [-0.1, -0.05) is 35.1 Å². The van der Waals surface area contributed by atoms with Crippen LogP contribution in [0.2, 0.25) is 5.02 Å². The van der Waals surface area contributed by atoms with E-state index in [-0.39, 0.29) is 0 Å². The predicted molar refractivity (Wildman–Crippen MR) is 123 cm³/mol. The second-order valence-electron chi connectivity index (χ2n) is 6.77. The number of benzene rings is 2. The van der Waals surface area contributed by atoms with Gasteiger partial charge in [-0.2, -0.15) is 4.57 Å². The first kappa shape index (κ1) is 19.7. The van der Waals surface area contributed by atoms with Crippen molar-refractivity contribution in [3.05, 3.63) is 68.5 Å². The lowest BCUT2D eigenvalue weighted by Crippen LogP contribution is -2.28. The second kappa shape index (κ2) is 8.01. The topological polar surface area (TPSA) is 37.3 Å². The molecule has 148 valence electrons. The number of rotatable bonds is 5. The molecule has 29 heavy (non-hydrogen) atoms. The van der Waals surface area contributed by atoms with E-state index in [9.17, 15) is 4.79 Å². The minimum atomic E-state index is -0.431. The van der Waals surface area contributed by atoms with Crippen LogP contribution in [0.15, 0.2) is 51.7 Å². The van der Waals surface area contributed by atoms with Crippen LogP contribution in [0.25, 0.3) is 33.3 Å². The number of anilines is 1. The van der Waals surface area contributed by atoms with Crippen LogP contribution in [0.3, 0.4) is 0 Å². The van der Waals surface area contributed by atoms with Crippen molar-refractivity contribution < 1.29 is 8.98 Å². The third-order valence-electron chi connectivity index (χ3n) is 5.15. The normalized spacial score (nSPS) is 11.7. The predicted octanol–water partition coefficient (Wildman–Crippen LogP) is 5.50. The molecule has 0 unspecified atom stereocenters. The number of hydrogen-bond donors (Lipinski definition) is 0. The molecule has 0 N–H and O–H groups in total. The van der Waals surface area contributed by atoms with Crippen molar-refractivity contribution >= 4 is 62.0 Å². The highest BCUT2D eigenvalue weighted by Gasteiger charge is 2.16. The molecule has 2 aromatic heterocycles. The summed E-state index contributed by atoms with van der Waals surface area (Å²) in [5.74, 6) is 0. The molecule has 0 aliphatic carbocycles. The molecule has 2 aromatic carbocycles. The molecule has 2 heterocycles. The fourth-order valence-electron chi connectivity index (χ4n) is 3.51. The summed E-state index contributed by atoms with van der Waals surface area (Å²) in [5, 5.41) is 2.18. The van der Waals surface area contributed by atoms with Gasteiger partial charge in [0.05, 0.1) is 10.6 Å². The quantitative estimate of drug-likeness (QED) is 0.313. The Morgan fingerprint density at radius 3 is 2.62 bits per heavy atom. The first-order valence-electron chi connectivity index (χ1n) is 9.60. The fraction of sp³-hybridized carbons (Fsp3) is 0.217. The maximum absolute atomic E-state index is 12.6. The van der Waals surface area contributed by atoms with Gasteiger partial charge in [-0.25, -0.2) is 4.79 Å². The molecular formula is C23H22ClN2O2S+. The zero-order valence-electron chi connectivity index (χ0n) is 16.6. The summed E-state index contributed by atoms with van der Waals surface area (Å²) in [6.45, 7) is 5.96. The monoisotopic (exact) mass is 425 g/mol. The minimum Gasteiger partial charge on any atom is -0.422 e. The Balaban J connectivity index is 1.77. The Bertz CT molecular complexity index is 1290. The van der Waals surface area contributed by atoms with E-state index in [2.05, 4.69) is 35.4 Å². The maximum Gasteiger partial charge on any atom is 0.345 e. The number of fused-ring (bicyclic) bond motifs is 2. The van der Waals surface area contributed by atoms with Crippen molar-refractivity contribution in [3.63, 3.8) is 0 Å². The Hall–Kier alpha value is -2.63. The van der Waals surface area contributed by atoms with Crippen LogP contribution >= 0.6 is 22.9 Å². The van der Waals surface area contributed by atoms with Gasteiger partial charge in [0.15, 0.2) is 0 Å². The zero-order valence-corrected chi connectivity index (χ0v) is 18.2. The van der Waals surface area contributed by atoms with Crippen molar-refractivity contribution in [2.45, 2.75) is 13.8 Å². The lowest BCUT2D eigenvalue weighted by Gasteiger charge is -2.21. The number of thiazole rings is 1. The smallest absolute Gasteiger partial charge is 0.345 e. The molecule has 4 nitrogen and oxygen atoms in total. The van der Waals surface area contributed by atoms with E-state index < -0.39 is 5.63 Å². The molecule has 0 atom stereocenters. The Morgan fingerprint density at radius 1 is 1.14 bits per heavy atom. The SMILES string of the molecule is CCN(CC)c1ccc2c(Cl)c(/C=C/c3sc4ccccc4[n+]3C)c(=O)oc2c1. The lowest BCUT2D eigenvalue weighted by atomic mass is 10.1.